The van der Waals surface area contributed by atoms with Crippen LogP contribution in [0, 0.1) is 10.8 Å². The summed E-state index contributed by atoms with van der Waals surface area (Å²) >= 11 is 0. The second-order valence-corrected chi connectivity index (χ2v) is 5.19. The Morgan fingerprint density at radius 2 is 1.62 bits per heavy atom. The molecule has 2 nitrogen and oxygen atoms in total. The van der Waals surface area contributed by atoms with Crippen LogP contribution in [-0.4, -0.2) is 12.1 Å². The van der Waals surface area contributed by atoms with Gasteiger partial charge in [-0.05, 0) is 38.0 Å². The van der Waals surface area contributed by atoms with Crippen molar-refractivity contribution in [3.8, 4) is 0 Å². The maximum absolute atomic E-state index is 11.5. The van der Waals surface area contributed by atoms with Crippen LogP contribution < -0.4 is 0 Å². The molecule has 0 radical (unpaired) electrons. The summed E-state index contributed by atoms with van der Waals surface area (Å²) in [7, 11) is 0. The van der Waals surface area contributed by atoms with Crippen LogP contribution in [0.2, 0.25) is 0 Å². The lowest BCUT2D eigenvalue weighted by Crippen LogP contribution is -2.46. The molecule has 0 heterocycles. The first-order valence-corrected chi connectivity index (χ1v) is 5.90. The number of aldehydes is 1. The third-order valence-electron chi connectivity index (χ3n) is 4.18. The van der Waals surface area contributed by atoms with E-state index in [4.69, 9.17) is 0 Å². The van der Waals surface area contributed by atoms with Crippen LogP contribution in [0.25, 0.3) is 0 Å². The minimum Gasteiger partial charge on any atom is -0.303 e. The Labute approximate surface area is 96.4 Å². The first-order valence-electron chi connectivity index (χ1n) is 5.90. The molecule has 0 saturated carbocycles. The number of carbonyl (C=O) groups excluding carboxylic acids is 2. The van der Waals surface area contributed by atoms with Gasteiger partial charge < -0.3 is 9.59 Å². The van der Waals surface area contributed by atoms with Gasteiger partial charge in [0.25, 0.3) is 0 Å². The standard InChI is InChI=1S/C14H18O2/c1-12(16)10-13-6-2-4-8-14(13,11-15)9-5-3-7-13/h2-5,11H,6-10H2,1H3. The number of hydrogen-bond donors (Lipinski definition) is 0. The zero-order chi connectivity index (χ0) is 11.6. The molecule has 0 spiro atoms. The van der Waals surface area contributed by atoms with Crippen molar-refractivity contribution in [2.75, 3.05) is 0 Å². The van der Waals surface area contributed by atoms with Crippen molar-refractivity contribution in [1.82, 2.24) is 0 Å². The number of Topliss-reactive ketones (excluding diaryl/α,β-unsaturated/α-hetero) is 1. The highest BCUT2D eigenvalue weighted by Crippen LogP contribution is 2.56. The molecule has 86 valence electrons. The van der Waals surface area contributed by atoms with Crippen molar-refractivity contribution in [2.45, 2.75) is 39.0 Å². The van der Waals surface area contributed by atoms with E-state index in [9.17, 15) is 9.59 Å². The number of hydrogen-bond acceptors (Lipinski definition) is 2. The number of allylic oxidation sites excluding steroid dienone is 4. The molecule has 2 aliphatic carbocycles. The smallest absolute Gasteiger partial charge is 0.130 e. The quantitative estimate of drug-likeness (QED) is 0.539. The molecule has 0 aliphatic heterocycles. The average molecular weight is 218 g/mol. The highest BCUT2D eigenvalue weighted by molar-refractivity contribution is 5.78. The lowest BCUT2D eigenvalue weighted by atomic mass is 9.52. The Kier molecular flexibility index (Phi) is 2.83. The van der Waals surface area contributed by atoms with Gasteiger partial charge in [0.05, 0.1) is 0 Å². The fourth-order valence-corrected chi connectivity index (χ4v) is 3.23. The van der Waals surface area contributed by atoms with Crippen LogP contribution in [0.3, 0.4) is 0 Å². The van der Waals surface area contributed by atoms with Crippen molar-refractivity contribution in [3.05, 3.63) is 24.3 Å². The van der Waals surface area contributed by atoms with Crippen molar-refractivity contribution < 1.29 is 9.59 Å². The molecular formula is C14H18O2. The predicted octanol–water partition coefficient (Wildman–Crippen LogP) is 2.84. The summed E-state index contributed by atoms with van der Waals surface area (Å²) in [6.07, 6.45) is 13.3. The summed E-state index contributed by atoms with van der Waals surface area (Å²) in [6.45, 7) is 1.63. The van der Waals surface area contributed by atoms with Gasteiger partial charge in [-0.3, -0.25) is 0 Å². The van der Waals surface area contributed by atoms with Crippen molar-refractivity contribution >= 4 is 12.1 Å². The van der Waals surface area contributed by atoms with Crippen LogP contribution in [0.5, 0.6) is 0 Å². The van der Waals surface area contributed by atoms with Gasteiger partial charge in [-0.15, -0.1) is 0 Å². The molecule has 2 heteroatoms. The lowest BCUT2D eigenvalue weighted by molar-refractivity contribution is -0.130. The molecule has 0 aromatic rings. The van der Waals surface area contributed by atoms with E-state index in [0.717, 1.165) is 32.0 Å². The molecular weight excluding hydrogens is 200 g/mol. The van der Waals surface area contributed by atoms with E-state index in [1.165, 1.54) is 0 Å². The molecule has 16 heavy (non-hydrogen) atoms. The van der Waals surface area contributed by atoms with Gasteiger partial charge in [-0.2, -0.15) is 0 Å². The Hall–Kier alpha value is -1.18. The van der Waals surface area contributed by atoms with Crippen molar-refractivity contribution in [2.24, 2.45) is 10.8 Å². The normalized spacial score (nSPS) is 36.8. The topological polar surface area (TPSA) is 34.1 Å². The molecule has 0 N–H and O–H groups in total. The van der Waals surface area contributed by atoms with E-state index in [1.54, 1.807) is 6.92 Å². The minimum absolute atomic E-state index is 0.149. The third kappa shape index (κ3) is 1.57. The van der Waals surface area contributed by atoms with Gasteiger partial charge in [-0.25, -0.2) is 0 Å². The minimum atomic E-state index is -0.331. The molecule has 0 atom stereocenters. The second kappa shape index (κ2) is 4.00. The fourth-order valence-electron chi connectivity index (χ4n) is 3.23. The average Bonchev–Trinajstić information content (AvgIpc) is 2.27. The molecule has 2 aliphatic rings. The molecule has 0 aromatic heterocycles. The Morgan fingerprint density at radius 1 is 1.12 bits per heavy atom. The maximum Gasteiger partial charge on any atom is 0.130 e. The molecule has 2 rings (SSSR count). The van der Waals surface area contributed by atoms with Gasteiger partial charge in [0.15, 0.2) is 0 Å². The number of ketones is 1. The molecule has 0 saturated heterocycles. The van der Waals surface area contributed by atoms with Crippen LogP contribution >= 0.6 is 0 Å². The van der Waals surface area contributed by atoms with E-state index in [0.29, 0.717) is 6.42 Å². The first kappa shape index (κ1) is 11.3. The van der Waals surface area contributed by atoms with Gasteiger partial charge >= 0.3 is 0 Å². The Balaban J connectivity index is 2.42. The van der Waals surface area contributed by atoms with Gasteiger partial charge in [-0.1, -0.05) is 24.3 Å². The van der Waals surface area contributed by atoms with E-state index < -0.39 is 0 Å². The Bertz CT molecular complexity index is 345. The monoisotopic (exact) mass is 218 g/mol. The molecule has 0 aromatic carbocycles. The summed E-state index contributed by atoms with van der Waals surface area (Å²) in [5.74, 6) is 0.192. The predicted molar refractivity (Wildman–Crippen MR) is 63.0 cm³/mol. The molecule has 0 amide bonds. The van der Waals surface area contributed by atoms with Crippen LogP contribution in [-0.2, 0) is 9.59 Å². The fraction of sp³-hybridized carbons (Fsp3) is 0.571. The first-order chi connectivity index (χ1) is 7.64. The zero-order valence-electron chi connectivity index (χ0n) is 9.74. The lowest BCUT2D eigenvalue weighted by Gasteiger charge is -2.50. The van der Waals surface area contributed by atoms with E-state index in [1.807, 2.05) is 0 Å². The number of carbonyl (C=O) groups is 2. The summed E-state index contributed by atoms with van der Waals surface area (Å²) in [4.78, 5) is 23.0. The zero-order valence-corrected chi connectivity index (χ0v) is 9.74. The third-order valence-corrected chi connectivity index (χ3v) is 4.18. The molecule has 0 unspecified atom stereocenters. The van der Waals surface area contributed by atoms with Crippen LogP contribution in [0.1, 0.15) is 39.0 Å². The summed E-state index contributed by atoms with van der Waals surface area (Å²) in [5.41, 5.74) is -0.480. The molecule has 0 bridgehead atoms. The summed E-state index contributed by atoms with van der Waals surface area (Å²) < 4.78 is 0. The Morgan fingerprint density at radius 3 is 2.06 bits per heavy atom. The molecule has 0 fully saturated rings. The number of fused-ring (bicyclic) bond motifs is 1. The largest absolute Gasteiger partial charge is 0.303 e. The van der Waals surface area contributed by atoms with E-state index in [-0.39, 0.29) is 16.6 Å². The van der Waals surface area contributed by atoms with Crippen LogP contribution in [0.15, 0.2) is 24.3 Å². The highest BCUT2D eigenvalue weighted by Gasteiger charge is 2.51. The van der Waals surface area contributed by atoms with E-state index in [2.05, 4.69) is 24.3 Å². The van der Waals surface area contributed by atoms with Crippen LogP contribution in [0.4, 0.5) is 0 Å². The van der Waals surface area contributed by atoms with Gasteiger partial charge in [0, 0.05) is 11.8 Å². The van der Waals surface area contributed by atoms with E-state index >= 15 is 0 Å². The van der Waals surface area contributed by atoms with Crippen molar-refractivity contribution in [1.29, 1.82) is 0 Å². The second-order valence-electron chi connectivity index (χ2n) is 5.19. The SMILES string of the molecule is CC(=O)CC12CC=CCC1(C=O)CC=CC2. The highest BCUT2D eigenvalue weighted by atomic mass is 16.1. The van der Waals surface area contributed by atoms with Gasteiger partial charge in [0.2, 0.25) is 0 Å². The van der Waals surface area contributed by atoms with Gasteiger partial charge in [0.1, 0.15) is 12.1 Å². The number of rotatable bonds is 3. The summed E-state index contributed by atoms with van der Waals surface area (Å²) in [5, 5.41) is 0. The summed E-state index contributed by atoms with van der Waals surface area (Å²) in [6, 6.07) is 0. The van der Waals surface area contributed by atoms with Crippen molar-refractivity contribution in [3.63, 3.8) is 0 Å². The maximum atomic E-state index is 11.5.